The number of nitrogens with zero attached hydrogens (tertiary/aromatic N) is 1. The average Bonchev–Trinajstić information content (AvgIpc) is 3.10. The maximum absolute atomic E-state index is 12.6. The van der Waals surface area contributed by atoms with Gasteiger partial charge in [-0.1, -0.05) is 0 Å². The number of anilines is 2. The molecule has 0 fully saturated rings. The molecule has 0 unspecified atom stereocenters. The number of fused-ring (bicyclic) bond motifs is 1. The monoisotopic (exact) mass is 435 g/mol. The van der Waals surface area contributed by atoms with E-state index >= 15 is 0 Å². The Morgan fingerprint density at radius 3 is 2.77 bits per heavy atom. The number of benzene rings is 2. The van der Waals surface area contributed by atoms with Gasteiger partial charge in [0.05, 0.1) is 17.8 Å². The first-order valence-electron chi connectivity index (χ1n) is 9.15. The molecule has 0 amide bonds. The lowest BCUT2D eigenvalue weighted by Crippen LogP contribution is -2.10. The largest absolute Gasteiger partial charge is 0.489 e. The molecule has 0 spiro atoms. The van der Waals surface area contributed by atoms with Gasteiger partial charge in [0.2, 0.25) is 0 Å². The van der Waals surface area contributed by atoms with Gasteiger partial charge >= 0.3 is 0 Å². The van der Waals surface area contributed by atoms with Gasteiger partial charge in [-0.25, -0.2) is 4.39 Å². The number of ether oxygens (including phenoxy) is 1. The van der Waals surface area contributed by atoms with Crippen molar-refractivity contribution in [3.63, 3.8) is 0 Å². The first kappa shape index (κ1) is 21.8. The number of hydrogen-bond donors (Lipinski definition) is 2. The minimum Gasteiger partial charge on any atom is -0.489 e. The molecular formula is C20H22FN3O5S. The van der Waals surface area contributed by atoms with Crippen LogP contribution in [0.15, 0.2) is 57.6 Å². The molecule has 30 heavy (non-hydrogen) atoms. The van der Waals surface area contributed by atoms with Crippen LogP contribution in [0.25, 0.3) is 11.1 Å². The highest BCUT2D eigenvalue weighted by Crippen LogP contribution is 2.27. The number of nitrogens with one attached hydrogen (secondary N) is 1. The second kappa shape index (κ2) is 9.24. The van der Waals surface area contributed by atoms with Gasteiger partial charge < -0.3 is 20.2 Å². The highest BCUT2D eigenvalue weighted by molar-refractivity contribution is 7.86. The van der Waals surface area contributed by atoms with E-state index in [4.69, 9.17) is 19.1 Å². The molecule has 2 aromatic carbocycles. The summed E-state index contributed by atoms with van der Waals surface area (Å²) < 4.78 is 52.8. The van der Waals surface area contributed by atoms with Crippen LogP contribution in [-0.4, -0.2) is 33.2 Å². The number of oxazole rings is 1. The molecule has 0 bridgehead atoms. The third-order valence-electron chi connectivity index (χ3n) is 4.17. The van der Waals surface area contributed by atoms with Crippen molar-refractivity contribution in [2.45, 2.75) is 18.7 Å². The van der Waals surface area contributed by atoms with Crippen LogP contribution in [0.5, 0.6) is 5.75 Å². The van der Waals surface area contributed by atoms with Gasteiger partial charge in [-0.15, -0.1) is 0 Å². The second-order valence-corrected chi connectivity index (χ2v) is 7.96. The summed E-state index contributed by atoms with van der Waals surface area (Å²) in [6.07, 6.45) is 0.432. The summed E-state index contributed by atoms with van der Waals surface area (Å²) in [4.78, 5) is 4.44. The van der Waals surface area contributed by atoms with E-state index in [1.807, 2.05) is 0 Å². The standard InChI is InChI=1S/C20H22FN3O5S/c1-3-28-30(25,26)19-7-4-15(8-13(19)2)23-20-24-17-6-5-16(9-18(17)29-20)27-12-14(10-21)11-22/h4-10H,3,11-12,22H2,1-2H3,(H,23,24). The lowest BCUT2D eigenvalue weighted by Gasteiger charge is -2.09. The Hall–Kier alpha value is -2.95. The van der Waals surface area contributed by atoms with Crippen molar-refractivity contribution in [3.8, 4) is 5.75 Å². The number of nitrogens with two attached hydrogens (primary N) is 1. The normalized spacial score (nSPS) is 12.3. The Morgan fingerprint density at radius 1 is 1.30 bits per heavy atom. The summed E-state index contributed by atoms with van der Waals surface area (Å²) in [5.74, 6) is 0.485. The van der Waals surface area contributed by atoms with E-state index in [2.05, 4.69) is 10.3 Å². The van der Waals surface area contributed by atoms with Gasteiger partial charge in [-0.05, 0) is 49.7 Å². The highest BCUT2D eigenvalue weighted by Gasteiger charge is 2.17. The molecule has 1 aromatic heterocycles. The predicted octanol–water partition coefficient (Wildman–Crippen LogP) is 3.80. The predicted molar refractivity (Wildman–Crippen MR) is 111 cm³/mol. The molecule has 0 aliphatic carbocycles. The van der Waals surface area contributed by atoms with Gasteiger partial charge in [-0.2, -0.15) is 13.4 Å². The second-order valence-electron chi connectivity index (χ2n) is 6.37. The Labute approximate surface area is 173 Å². The molecule has 0 saturated carbocycles. The molecule has 0 saturated heterocycles. The molecule has 8 nitrogen and oxygen atoms in total. The highest BCUT2D eigenvalue weighted by atomic mass is 32.2. The van der Waals surface area contributed by atoms with E-state index in [-0.39, 0.29) is 30.7 Å². The van der Waals surface area contributed by atoms with Crippen LogP contribution in [0, 0.1) is 6.92 Å². The molecule has 3 N–H and O–H groups in total. The fourth-order valence-corrected chi connectivity index (χ4v) is 3.83. The summed E-state index contributed by atoms with van der Waals surface area (Å²) >= 11 is 0. The van der Waals surface area contributed by atoms with Crippen LogP contribution < -0.4 is 15.8 Å². The van der Waals surface area contributed by atoms with Crippen LogP contribution in [-0.2, 0) is 14.3 Å². The van der Waals surface area contributed by atoms with E-state index in [1.165, 1.54) is 6.07 Å². The molecule has 160 valence electrons. The lowest BCUT2D eigenvalue weighted by atomic mass is 10.2. The lowest BCUT2D eigenvalue weighted by molar-refractivity contribution is 0.338. The van der Waals surface area contributed by atoms with E-state index < -0.39 is 10.1 Å². The third-order valence-corrected chi connectivity index (χ3v) is 5.71. The maximum Gasteiger partial charge on any atom is 0.300 e. The smallest absolute Gasteiger partial charge is 0.300 e. The number of hydrogen-bond acceptors (Lipinski definition) is 8. The van der Waals surface area contributed by atoms with Crippen LogP contribution >= 0.6 is 0 Å². The Bertz CT molecular complexity index is 1170. The number of halogens is 1. The molecule has 0 aliphatic rings. The van der Waals surface area contributed by atoms with Crippen LogP contribution in [0.1, 0.15) is 12.5 Å². The first-order chi connectivity index (χ1) is 14.4. The fourth-order valence-electron chi connectivity index (χ4n) is 2.71. The van der Waals surface area contributed by atoms with E-state index in [0.717, 1.165) is 0 Å². The van der Waals surface area contributed by atoms with E-state index in [9.17, 15) is 12.8 Å². The van der Waals surface area contributed by atoms with Crippen molar-refractivity contribution < 1.29 is 26.1 Å². The molecule has 3 aromatic rings. The van der Waals surface area contributed by atoms with Gasteiger partial charge in [0.25, 0.3) is 16.1 Å². The summed E-state index contributed by atoms with van der Waals surface area (Å²) in [6.45, 7) is 3.46. The SMILES string of the molecule is CCOS(=O)(=O)c1ccc(Nc2nc3ccc(OCC(=CF)CN)cc3o2)cc1C. The molecule has 0 aliphatic heterocycles. The zero-order valence-electron chi connectivity index (χ0n) is 16.5. The van der Waals surface area contributed by atoms with Crippen molar-refractivity contribution in [1.82, 2.24) is 4.98 Å². The minimum atomic E-state index is -3.79. The third kappa shape index (κ3) is 4.96. The first-order valence-corrected chi connectivity index (χ1v) is 10.6. The number of aryl methyl sites for hydroxylation is 1. The Kier molecular flexibility index (Phi) is 6.70. The minimum absolute atomic E-state index is 0.0357. The van der Waals surface area contributed by atoms with Crippen molar-refractivity contribution in [2.24, 2.45) is 5.73 Å². The number of aromatic nitrogens is 1. The topological polar surface area (TPSA) is 117 Å². The fraction of sp³-hybridized carbons (Fsp3) is 0.250. The average molecular weight is 435 g/mol. The summed E-state index contributed by atoms with van der Waals surface area (Å²) in [7, 11) is -3.79. The molecule has 0 atom stereocenters. The maximum atomic E-state index is 12.6. The summed E-state index contributed by atoms with van der Waals surface area (Å²) in [6, 6.07) is 10.00. The Morgan fingerprint density at radius 2 is 2.10 bits per heavy atom. The van der Waals surface area contributed by atoms with Crippen LogP contribution in [0.3, 0.4) is 0 Å². The van der Waals surface area contributed by atoms with Crippen molar-refractivity contribution in [1.29, 1.82) is 0 Å². The van der Waals surface area contributed by atoms with Crippen LogP contribution in [0.2, 0.25) is 0 Å². The quantitative estimate of drug-likeness (QED) is 0.488. The zero-order valence-corrected chi connectivity index (χ0v) is 17.3. The molecule has 3 rings (SSSR count). The Balaban J connectivity index is 1.77. The molecule has 0 radical (unpaired) electrons. The van der Waals surface area contributed by atoms with Gasteiger partial charge in [0.1, 0.15) is 17.9 Å². The van der Waals surface area contributed by atoms with Crippen molar-refractivity contribution in [3.05, 3.63) is 53.9 Å². The van der Waals surface area contributed by atoms with E-state index in [1.54, 1.807) is 44.2 Å². The summed E-state index contributed by atoms with van der Waals surface area (Å²) in [5, 5.41) is 3.00. The van der Waals surface area contributed by atoms with Gasteiger partial charge in [0, 0.05) is 23.9 Å². The molecular weight excluding hydrogens is 413 g/mol. The van der Waals surface area contributed by atoms with Crippen LogP contribution in [0.4, 0.5) is 16.1 Å². The molecule has 1 heterocycles. The van der Waals surface area contributed by atoms with Crippen molar-refractivity contribution >= 4 is 32.9 Å². The number of rotatable bonds is 9. The van der Waals surface area contributed by atoms with Gasteiger partial charge in [0.15, 0.2) is 5.58 Å². The summed E-state index contributed by atoms with van der Waals surface area (Å²) in [5.41, 5.74) is 7.94. The zero-order chi connectivity index (χ0) is 21.7. The van der Waals surface area contributed by atoms with Gasteiger partial charge in [-0.3, -0.25) is 4.18 Å². The van der Waals surface area contributed by atoms with Crippen molar-refractivity contribution in [2.75, 3.05) is 25.1 Å². The molecule has 10 heteroatoms. The van der Waals surface area contributed by atoms with E-state index in [0.29, 0.717) is 40.0 Å².